The molecule has 1 rings (SSSR count). The third-order valence-corrected chi connectivity index (χ3v) is 3.33. The largest absolute Gasteiger partial charge is 0.327 e. The molecule has 0 aliphatic carbocycles. The zero-order valence-electron chi connectivity index (χ0n) is 9.58. The molecule has 1 heterocycles. The van der Waals surface area contributed by atoms with Gasteiger partial charge in [0.25, 0.3) is 5.91 Å². The molecule has 5 heteroatoms. The highest BCUT2D eigenvalue weighted by molar-refractivity contribution is 9.09. The monoisotopic (exact) mass is 276 g/mol. The topological polar surface area (TPSA) is 40.6 Å². The molecule has 0 bridgehead atoms. The minimum atomic E-state index is -0.702. The molecule has 1 fully saturated rings. The second-order valence-corrected chi connectivity index (χ2v) is 5.99. The number of hydrogen-bond acceptors (Lipinski definition) is 2. The highest BCUT2D eigenvalue weighted by Crippen LogP contribution is 2.26. The van der Waals surface area contributed by atoms with Crippen LogP contribution in [0.2, 0.25) is 0 Å². The molecule has 1 atom stereocenters. The van der Waals surface area contributed by atoms with Gasteiger partial charge < -0.3 is 4.90 Å². The van der Waals surface area contributed by atoms with E-state index in [2.05, 4.69) is 15.9 Å². The molecule has 0 aromatic heterocycles. The lowest BCUT2D eigenvalue weighted by Crippen LogP contribution is -2.41. The average molecular weight is 277 g/mol. The number of rotatable bonds is 3. The van der Waals surface area contributed by atoms with E-state index < -0.39 is 5.54 Å². The molecule has 0 unspecified atom stereocenters. The van der Waals surface area contributed by atoms with Crippen molar-refractivity contribution in [3.05, 3.63) is 0 Å². The van der Waals surface area contributed by atoms with Crippen molar-refractivity contribution in [2.75, 3.05) is 13.6 Å². The number of halogens is 1. The Hall–Kier alpha value is -0.580. The average Bonchev–Trinajstić information content (AvgIpc) is 2.27. The van der Waals surface area contributed by atoms with Crippen molar-refractivity contribution in [1.82, 2.24) is 9.80 Å². The Morgan fingerprint density at radius 3 is 2.27 bits per heavy atom. The molecule has 1 aliphatic heterocycles. The first-order valence-corrected chi connectivity index (χ1v) is 5.94. The lowest BCUT2D eigenvalue weighted by atomic mass is 10.1. The molecule has 0 aromatic rings. The summed E-state index contributed by atoms with van der Waals surface area (Å²) < 4.78 is 0. The van der Waals surface area contributed by atoms with Crippen LogP contribution in [0.1, 0.15) is 27.2 Å². The van der Waals surface area contributed by atoms with Gasteiger partial charge in [-0.15, -0.1) is 0 Å². The van der Waals surface area contributed by atoms with Gasteiger partial charge >= 0.3 is 6.03 Å². The lowest BCUT2D eigenvalue weighted by molar-refractivity contribution is -0.131. The van der Waals surface area contributed by atoms with E-state index in [9.17, 15) is 9.59 Å². The Balaban J connectivity index is 2.75. The number of nitrogens with zero attached hydrogens (tertiary/aromatic N) is 2. The van der Waals surface area contributed by atoms with Gasteiger partial charge in [-0.2, -0.15) is 0 Å². The van der Waals surface area contributed by atoms with Crippen LogP contribution in [0.3, 0.4) is 0 Å². The molecule has 0 aromatic carbocycles. The number of urea groups is 1. The van der Waals surface area contributed by atoms with Crippen LogP contribution in [0.25, 0.3) is 0 Å². The Kier molecular flexibility index (Phi) is 3.43. The SMILES string of the molecule is C[C@H](Br)CCN1C(=O)N(C)C(C)(C)C1=O. The third-order valence-electron chi connectivity index (χ3n) is 2.88. The maximum Gasteiger partial charge on any atom is 0.327 e. The van der Waals surface area contributed by atoms with Crippen LogP contribution in [0.15, 0.2) is 0 Å². The van der Waals surface area contributed by atoms with Crippen LogP contribution in [0, 0.1) is 0 Å². The fourth-order valence-corrected chi connectivity index (χ4v) is 1.69. The van der Waals surface area contributed by atoms with Gasteiger partial charge in [0.05, 0.1) is 0 Å². The van der Waals surface area contributed by atoms with Crippen molar-refractivity contribution in [2.24, 2.45) is 0 Å². The quantitative estimate of drug-likeness (QED) is 0.583. The second kappa shape index (κ2) is 4.12. The van der Waals surface area contributed by atoms with Crippen molar-refractivity contribution in [3.8, 4) is 0 Å². The molecule has 86 valence electrons. The second-order valence-electron chi connectivity index (χ2n) is 4.43. The van der Waals surface area contributed by atoms with E-state index in [1.807, 2.05) is 6.92 Å². The summed E-state index contributed by atoms with van der Waals surface area (Å²) >= 11 is 3.40. The standard InChI is InChI=1S/C10H17BrN2O2/c1-7(11)5-6-13-8(14)10(2,3)12(4)9(13)15/h7H,5-6H2,1-4H3/t7-/m0/s1. The van der Waals surface area contributed by atoms with E-state index in [4.69, 9.17) is 0 Å². The highest BCUT2D eigenvalue weighted by Gasteiger charge is 2.48. The van der Waals surface area contributed by atoms with Gasteiger partial charge in [0.2, 0.25) is 0 Å². The lowest BCUT2D eigenvalue weighted by Gasteiger charge is -2.22. The van der Waals surface area contributed by atoms with Gasteiger partial charge in [-0.05, 0) is 20.3 Å². The van der Waals surface area contributed by atoms with Gasteiger partial charge in [-0.3, -0.25) is 9.69 Å². The number of likely N-dealkylation sites (N-methyl/N-ethyl adjacent to an activating group) is 1. The number of carbonyl (C=O) groups excluding carboxylic acids is 2. The third kappa shape index (κ3) is 2.17. The van der Waals surface area contributed by atoms with Crippen LogP contribution in [0.5, 0.6) is 0 Å². The first kappa shape index (κ1) is 12.5. The van der Waals surface area contributed by atoms with E-state index in [0.29, 0.717) is 11.4 Å². The van der Waals surface area contributed by atoms with Crippen LogP contribution in [-0.2, 0) is 4.79 Å². The Morgan fingerprint density at radius 1 is 1.40 bits per heavy atom. The van der Waals surface area contributed by atoms with E-state index >= 15 is 0 Å². The van der Waals surface area contributed by atoms with Crippen LogP contribution < -0.4 is 0 Å². The maximum atomic E-state index is 11.9. The zero-order chi connectivity index (χ0) is 11.8. The summed E-state index contributed by atoms with van der Waals surface area (Å²) in [5.74, 6) is -0.108. The van der Waals surface area contributed by atoms with Crippen molar-refractivity contribution < 1.29 is 9.59 Å². The first-order chi connectivity index (χ1) is 6.78. The fraction of sp³-hybridized carbons (Fsp3) is 0.800. The minimum absolute atomic E-state index is 0.108. The Morgan fingerprint density at radius 2 is 1.93 bits per heavy atom. The zero-order valence-corrected chi connectivity index (χ0v) is 11.2. The summed E-state index contributed by atoms with van der Waals surface area (Å²) in [6.07, 6.45) is 0.779. The van der Waals surface area contributed by atoms with Gasteiger partial charge in [0.15, 0.2) is 0 Å². The van der Waals surface area contributed by atoms with E-state index in [1.165, 1.54) is 9.80 Å². The normalized spacial score (nSPS) is 22.5. The highest BCUT2D eigenvalue weighted by atomic mass is 79.9. The molecule has 1 saturated heterocycles. The summed E-state index contributed by atoms with van der Waals surface area (Å²) in [7, 11) is 1.66. The molecule has 0 radical (unpaired) electrons. The summed E-state index contributed by atoms with van der Waals surface area (Å²) in [6, 6.07) is -0.196. The minimum Gasteiger partial charge on any atom is -0.313 e. The Labute approximate surface area is 98.7 Å². The van der Waals surface area contributed by atoms with Gasteiger partial charge in [0.1, 0.15) is 5.54 Å². The Bertz CT molecular complexity index is 289. The number of hydrogen-bond donors (Lipinski definition) is 0. The summed E-state index contributed by atoms with van der Waals surface area (Å²) in [4.78, 5) is 26.8. The molecule has 15 heavy (non-hydrogen) atoms. The molecular formula is C10H17BrN2O2. The van der Waals surface area contributed by atoms with Crippen LogP contribution in [-0.4, -0.2) is 45.7 Å². The maximum absolute atomic E-state index is 11.9. The summed E-state index contributed by atoms with van der Waals surface area (Å²) in [6.45, 7) is 6.02. The molecular weight excluding hydrogens is 260 g/mol. The van der Waals surface area contributed by atoms with Crippen molar-refractivity contribution in [3.63, 3.8) is 0 Å². The van der Waals surface area contributed by atoms with Crippen molar-refractivity contribution in [1.29, 1.82) is 0 Å². The van der Waals surface area contributed by atoms with Crippen LogP contribution >= 0.6 is 15.9 Å². The van der Waals surface area contributed by atoms with Crippen molar-refractivity contribution in [2.45, 2.75) is 37.6 Å². The first-order valence-electron chi connectivity index (χ1n) is 5.02. The van der Waals surface area contributed by atoms with Crippen molar-refractivity contribution >= 4 is 27.9 Å². The number of alkyl halides is 1. The van der Waals surface area contributed by atoms with E-state index in [-0.39, 0.29) is 11.9 Å². The summed E-state index contributed by atoms with van der Waals surface area (Å²) in [5.41, 5.74) is -0.702. The van der Waals surface area contributed by atoms with Crippen LogP contribution in [0.4, 0.5) is 4.79 Å². The van der Waals surface area contributed by atoms with Gasteiger partial charge in [-0.25, -0.2) is 4.79 Å². The predicted octanol–water partition coefficient (Wildman–Crippen LogP) is 1.83. The molecule has 4 nitrogen and oxygen atoms in total. The number of imide groups is 1. The van der Waals surface area contributed by atoms with Gasteiger partial charge in [-0.1, -0.05) is 22.9 Å². The summed E-state index contributed by atoms with van der Waals surface area (Å²) in [5, 5.41) is 0. The van der Waals surface area contributed by atoms with E-state index in [0.717, 1.165) is 6.42 Å². The van der Waals surface area contributed by atoms with E-state index in [1.54, 1.807) is 20.9 Å². The molecule has 1 aliphatic rings. The number of amides is 3. The van der Waals surface area contributed by atoms with Gasteiger partial charge in [0, 0.05) is 18.4 Å². The fourth-order valence-electron chi connectivity index (χ4n) is 1.48. The molecule has 0 spiro atoms. The number of carbonyl (C=O) groups is 2. The smallest absolute Gasteiger partial charge is 0.313 e. The molecule has 0 saturated carbocycles. The molecule has 3 amide bonds. The molecule has 0 N–H and O–H groups in total. The predicted molar refractivity (Wildman–Crippen MR) is 62.0 cm³/mol.